The van der Waals surface area contributed by atoms with Crippen molar-refractivity contribution in [2.24, 2.45) is 0 Å². The van der Waals surface area contributed by atoms with Crippen LogP contribution < -0.4 is 4.72 Å². The average molecular weight is 566 g/mol. The second kappa shape index (κ2) is 11.3. The highest BCUT2D eigenvalue weighted by molar-refractivity contribution is 7.90. The Morgan fingerprint density at radius 3 is 1.76 bits per heavy atom. The molecule has 0 bridgehead atoms. The summed E-state index contributed by atoms with van der Waals surface area (Å²) in [6, 6.07) is 9.57. The van der Waals surface area contributed by atoms with E-state index < -0.39 is 43.8 Å². The van der Waals surface area contributed by atoms with Crippen LogP contribution in [0.2, 0.25) is 0 Å². The normalized spacial score (nSPS) is 15.0. The van der Waals surface area contributed by atoms with Crippen LogP contribution in [-0.2, 0) is 24.8 Å². The number of sulfonamides is 2. The third kappa shape index (κ3) is 7.04. The van der Waals surface area contributed by atoms with Crippen LogP contribution in [-0.4, -0.2) is 50.0 Å². The monoisotopic (exact) mass is 565 g/mol. The van der Waals surface area contributed by atoms with Gasteiger partial charge in [-0.15, -0.1) is 0 Å². The van der Waals surface area contributed by atoms with Crippen LogP contribution >= 0.6 is 0 Å². The summed E-state index contributed by atoms with van der Waals surface area (Å²) in [6.07, 6.45) is 1.65. The molecule has 38 heavy (non-hydrogen) atoms. The van der Waals surface area contributed by atoms with Crippen LogP contribution in [0.25, 0.3) is 0 Å². The molecule has 1 N–H and O–H groups in total. The molecule has 0 heterocycles. The Kier molecular flexibility index (Phi) is 8.77. The van der Waals surface area contributed by atoms with Crippen molar-refractivity contribution >= 4 is 32.2 Å². The molecule has 1 saturated carbocycles. The minimum Gasteiger partial charge on any atom is -0.442 e. The number of hydrogen-bond acceptors (Lipinski definition) is 7. The number of benzene rings is 2. The lowest BCUT2D eigenvalue weighted by Crippen LogP contribution is -2.61. The Bertz CT molecular complexity index is 1360. The van der Waals surface area contributed by atoms with Crippen LogP contribution in [0.15, 0.2) is 58.3 Å². The van der Waals surface area contributed by atoms with Crippen molar-refractivity contribution in [1.29, 1.82) is 0 Å². The molecule has 1 fully saturated rings. The number of urea groups is 1. The van der Waals surface area contributed by atoms with Gasteiger partial charge >= 0.3 is 12.1 Å². The molecule has 3 rings (SSSR count). The van der Waals surface area contributed by atoms with Gasteiger partial charge in [0.2, 0.25) is 0 Å². The third-order valence-corrected chi connectivity index (χ3v) is 8.96. The number of carbonyl (C=O) groups is 2. The molecule has 0 radical (unpaired) electrons. The summed E-state index contributed by atoms with van der Waals surface area (Å²) >= 11 is 0. The SMILES string of the molecule is Cc1ccc(S(=O)(=O)NC(=O)N(C2CCCCC2)N(C(=O)OC(C)(C)C)S(=O)(=O)c2ccc(C)cc2)cc1. The van der Waals surface area contributed by atoms with Gasteiger partial charge in [-0.25, -0.2) is 27.7 Å². The summed E-state index contributed by atoms with van der Waals surface area (Å²) in [4.78, 5) is 26.7. The molecule has 0 spiro atoms. The maximum Gasteiger partial charge on any atom is 0.444 e. The number of ether oxygens (including phenoxy) is 1. The fourth-order valence-corrected chi connectivity index (χ4v) is 6.36. The lowest BCUT2D eigenvalue weighted by atomic mass is 9.95. The Hall–Kier alpha value is -3.12. The van der Waals surface area contributed by atoms with Crippen molar-refractivity contribution in [3.63, 3.8) is 0 Å². The van der Waals surface area contributed by atoms with E-state index >= 15 is 0 Å². The molecule has 0 atom stereocenters. The molecule has 3 amide bonds. The van der Waals surface area contributed by atoms with E-state index in [-0.39, 0.29) is 14.2 Å². The summed E-state index contributed by atoms with van der Waals surface area (Å²) in [5, 5.41) is 0.703. The molecule has 10 nitrogen and oxygen atoms in total. The van der Waals surface area contributed by atoms with E-state index in [0.717, 1.165) is 17.5 Å². The van der Waals surface area contributed by atoms with Crippen molar-refractivity contribution in [2.45, 2.75) is 88.2 Å². The maximum absolute atomic E-state index is 13.9. The molecule has 2 aromatic rings. The first-order valence-electron chi connectivity index (χ1n) is 12.4. The molecule has 0 aromatic heterocycles. The van der Waals surface area contributed by atoms with Crippen molar-refractivity contribution in [3.8, 4) is 0 Å². The predicted molar refractivity (Wildman–Crippen MR) is 142 cm³/mol. The van der Waals surface area contributed by atoms with Crippen molar-refractivity contribution in [2.75, 3.05) is 0 Å². The fourth-order valence-electron chi connectivity index (χ4n) is 4.07. The zero-order chi connectivity index (χ0) is 28.3. The topological polar surface area (TPSA) is 130 Å². The molecule has 208 valence electrons. The number of nitrogens with one attached hydrogen (secondary N) is 1. The first-order valence-corrected chi connectivity index (χ1v) is 15.3. The Morgan fingerprint density at radius 1 is 0.816 bits per heavy atom. The lowest BCUT2D eigenvalue weighted by molar-refractivity contribution is -0.0117. The summed E-state index contributed by atoms with van der Waals surface area (Å²) in [5.41, 5.74) is 0.513. The number of rotatable bonds is 5. The van der Waals surface area contributed by atoms with E-state index in [1.165, 1.54) is 24.3 Å². The number of hydrogen-bond donors (Lipinski definition) is 1. The maximum atomic E-state index is 13.9. The van der Waals surface area contributed by atoms with Crippen LogP contribution in [0.5, 0.6) is 0 Å². The molecule has 2 aromatic carbocycles. The second-order valence-electron chi connectivity index (χ2n) is 10.4. The van der Waals surface area contributed by atoms with Gasteiger partial charge < -0.3 is 4.74 Å². The first kappa shape index (κ1) is 29.4. The highest BCUT2D eigenvalue weighted by Crippen LogP contribution is 2.30. The van der Waals surface area contributed by atoms with Crippen LogP contribution in [0.3, 0.4) is 0 Å². The van der Waals surface area contributed by atoms with Gasteiger partial charge in [0.25, 0.3) is 20.0 Å². The average Bonchev–Trinajstić information content (AvgIpc) is 2.81. The van der Waals surface area contributed by atoms with Crippen molar-refractivity contribution < 1.29 is 31.2 Å². The number of amides is 3. The zero-order valence-corrected chi connectivity index (χ0v) is 23.9. The van der Waals surface area contributed by atoms with Crippen molar-refractivity contribution in [3.05, 3.63) is 59.7 Å². The van der Waals surface area contributed by atoms with Gasteiger partial charge in [-0.1, -0.05) is 59.1 Å². The summed E-state index contributed by atoms with van der Waals surface area (Å²) < 4.78 is 61.6. The summed E-state index contributed by atoms with van der Waals surface area (Å²) in [5.74, 6) is 0. The predicted octanol–water partition coefficient (Wildman–Crippen LogP) is 4.88. The van der Waals surface area contributed by atoms with Gasteiger partial charge in [-0.2, -0.15) is 8.42 Å². The van der Waals surface area contributed by atoms with Gasteiger partial charge in [-0.05, 0) is 71.7 Å². The Morgan fingerprint density at radius 2 is 1.29 bits per heavy atom. The van der Waals surface area contributed by atoms with Gasteiger partial charge in [0, 0.05) is 0 Å². The summed E-state index contributed by atoms with van der Waals surface area (Å²) in [7, 11) is -9.06. The van der Waals surface area contributed by atoms with E-state index in [2.05, 4.69) is 0 Å². The Balaban J connectivity index is 2.13. The van der Waals surface area contributed by atoms with E-state index in [1.54, 1.807) is 58.9 Å². The van der Waals surface area contributed by atoms with Crippen molar-refractivity contribution in [1.82, 2.24) is 14.1 Å². The number of hydrazine groups is 1. The Labute approximate surface area is 225 Å². The smallest absolute Gasteiger partial charge is 0.442 e. The minimum atomic E-state index is -4.68. The first-order chi connectivity index (χ1) is 17.6. The van der Waals surface area contributed by atoms with E-state index in [9.17, 15) is 26.4 Å². The number of nitrogens with zero attached hydrogens (tertiary/aromatic N) is 2. The molecular formula is C26H35N3O7S2. The molecule has 12 heteroatoms. The van der Waals surface area contributed by atoms with Gasteiger partial charge in [0.15, 0.2) is 0 Å². The molecule has 0 unspecified atom stereocenters. The fraction of sp³-hybridized carbons (Fsp3) is 0.462. The number of carbonyl (C=O) groups excluding carboxylic acids is 2. The van der Waals surface area contributed by atoms with Crippen LogP contribution in [0.1, 0.15) is 64.0 Å². The molecule has 1 aliphatic carbocycles. The molecule has 0 aliphatic heterocycles. The van der Waals surface area contributed by atoms with E-state index in [1.807, 2.05) is 4.72 Å². The second-order valence-corrected chi connectivity index (χ2v) is 13.9. The zero-order valence-electron chi connectivity index (χ0n) is 22.3. The standard InChI is InChI=1S/C26H35N3O7S2/c1-19-11-15-22(16-12-19)37(32,33)27-24(30)28(21-9-7-6-8-10-21)29(25(31)36-26(3,4)5)38(34,35)23-17-13-20(2)14-18-23/h11-18,21H,6-10H2,1-5H3,(H,27,30). The quantitative estimate of drug-likeness (QED) is 0.512. The highest BCUT2D eigenvalue weighted by Gasteiger charge is 2.44. The largest absolute Gasteiger partial charge is 0.444 e. The highest BCUT2D eigenvalue weighted by atomic mass is 32.2. The van der Waals surface area contributed by atoms with Gasteiger partial charge in [-0.3, -0.25) is 0 Å². The minimum absolute atomic E-state index is 0.176. The van der Waals surface area contributed by atoms with Gasteiger partial charge in [0.1, 0.15) is 5.60 Å². The third-order valence-electron chi connectivity index (χ3n) is 5.97. The van der Waals surface area contributed by atoms with E-state index in [0.29, 0.717) is 30.7 Å². The number of aryl methyl sites for hydroxylation is 2. The van der Waals surface area contributed by atoms with Crippen LogP contribution in [0.4, 0.5) is 9.59 Å². The molecular weight excluding hydrogens is 530 g/mol. The van der Waals surface area contributed by atoms with E-state index in [4.69, 9.17) is 4.74 Å². The lowest BCUT2D eigenvalue weighted by Gasteiger charge is -2.40. The van der Waals surface area contributed by atoms with Gasteiger partial charge in [0.05, 0.1) is 15.8 Å². The summed E-state index contributed by atoms with van der Waals surface area (Å²) in [6.45, 7) is 8.26. The van der Waals surface area contributed by atoms with Crippen LogP contribution in [0, 0.1) is 13.8 Å². The molecule has 1 aliphatic rings. The molecule has 0 saturated heterocycles.